The fourth-order valence-corrected chi connectivity index (χ4v) is 6.16. The molecule has 2 fully saturated rings. The molecule has 1 N–H and O–H groups in total. The average molecular weight is 587 g/mol. The van der Waals surface area contributed by atoms with Crippen molar-refractivity contribution in [1.29, 1.82) is 0 Å². The molecule has 39 heavy (non-hydrogen) atoms. The molecule has 13 nitrogen and oxygen atoms in total. The van der Waals surface area contributed by atoms with E-state index in [0.717, 1.165) is 0 Å². The Bertz CT molecular complexity index is 1460. The maximum Gasteiger partial charge on any atom is 0.254 e. The van der Waals surface area contributed by atoms with Gasteiger partial charge in [-0.2, -0.15) is 9.97 Å². The van der Waals surface area contributed by atoms with Crippen LogP contribution in [0.15, 0.2) is 18.7 Å². The van der Waals surface area contributed by atoms with Crippen LogP contribution < -0.4 is 14.2 Å². The van der Waals surface area contributed by atoms with Crippen molar-refractivity contribution in [3.8, 4) is 17.4 Å². The van der Waals surface area contributed by atoms with Crippen LogP contribution in [0, 0.1) is 5.41 Å². The summed E-state index contributed by atoms with van der Waals surface area (Å²) in [5.41, 5.74) is -0.950. The zero-order valence-electron chi connectivity index (χ0n) is 21.3. The predicted molar refractivity (Wildman–Crippen MR) is 133 cm³/mol. The van der Waals surface area contributed by atoms with Crippen LogP contribution in [0.2, 0.25) is 5.02 Å². The molecule has 2 atom stereocenters. The van der Waals surface area contributed by atoms with Crippen molar-refractivity contribution >= 4 is 27.6 Å². The van der Waals surface area contributed by atoms with Gasteiger partial charge in [-0.1, -0.05) is 11.6 Å². The highest BCUT2D eigenvalue weighted by Crippen LogP contribution is 2.74. The van der Waals surface area contributed by atoms with Crippen LogP contribution in [0.1, 0.15) is 49.9 Å². The van der Waals surface area contributed by atoms with Gasteiger partial charge in [-0.05, 0) is 19.8 Å². The summed E-state index contributed by atoms with van der Waals surface area (Å²) in [7, 11) is -0.189. The van der Waals surface area contributed by atoms with E-state index in [1.807, 2.05) is 0 Å². The van der Waals surface area contributed by atoms with Gasteiger partial charge in [0.15, 0.2) is 11.5 Å². The number of rotatable bonds is 10. The number of ether oxygens (including phenoxy) is 3. The Balaban J connectivity index is 1.54. The van der Waals surface area contributed by atoms with E-state index in [9.17, 15) is 17.2 Å². The molecule has 0 unspecified atom stereocenters. The van der Waals surface area contributed by atoms with Crippen LogP contribution in [-0.4, -0.2) is 75.6 Å². The summed E-state index contributed by atoms with van der Waals surface area (Å²) in [6, 6.07) is 0. The molecular weight excluding hydrogens is 562 g/mol. The first-order chi connectivity index (χ1) is 18.5. The van der Waals surface area contributed by atoms with Crippen LogP contribution in [-0.2, 0) is 14.8 Å². The van der Waals surface area contributed by atoms with E-state index >= 15 is 0 Å². The van der Waals surface area contributed by atoms with Crippen molar-refractivity contribution in [2.24, 2.45) is 5.41 Å². The van der Waals surface area contributed by atoms with Crippen molar-refractivity contribution in [3.63, 3.8) is 0 Å². The van der Waals surface area contributed by atoms with E-state index in [4.69, 9.17) is 25.8 Å². The Labute approximate surface area is 227 Å². The lowest BCUT2D eigenvalue weighted by molar-refractivity contribution is 0.0183. The third-order valence-corrected chi connectivity index (χ3v) is 9.09. The number of halogens is 3. The van der Waals surface area contributed by atoms with Crippen molar-refractivity contribution in [1.82, 2.24) is 34.7 Å². The maximum absolute atomic E-state index is 13.9. The second kappa shape index (κ2) is 9.75. The highest BCUT2D eigenvalue weighted by atomic mass is 35.5. The largest absolute Gasteiger partial charge is 0.479 e. The summed E-state index contributed by atoms with van der Waals surface area (Å²) in [6.45, 7) is 1.41. The number of nitrogens with zero attached hydrogens (tertiary/aromatic N) is 7. The summed E-state index contributed by atoms with van der Waals surface area (Å²) in [6.07, 6.45) is 2.94. The van der Waals surface area contributed by atoms with E-state index in [2.05, 4.69) is 34.9 Å². The Morgan fingerprint density at radius 3 is 2.18 bits per heavy atom. The lowest BCUT2D eigenvalue weighted by Crippen LogP contribution is -2.34. The quantitative estimate of drug-likeness (QED) is 0.372. The van der Waals surface area contributed by atoms with Crippen LogP contribution in [0.3, 0.4) is 0 Å². The second-order valence-electron chi connectivity index (χ2n) is 9.49. The molecule has 0 aromatic carbocycles. The lowest BCUT2D eigenvalue weighted by Gasteiger charge is -2.35. The van der Waals surface area contributed by atoms with Crippen LogP contribution in [0.25, 0.3) is 5.69 Å². The van der Waals surface area contributed by atoms with Crippen molar-refractivity contribution < 1.29 is 31.4 Å². The molecule has 0 radical (unpaired) electrons. The number of nitrogens with one attached hydrogen (secondary N) is 1. The number of methoxy groups -OCH3 is 3. The van der Waals surface area contributed by atoms with Gasteiger partial charge >= 0.3 is 0 Å². The van der Waals surface area contributed by atoms with E-state index in [0.29, 0.717) is 0 Å². The molecule has 5 rings (SSSR count). The maximum atomic E-state index is 13.9. The monoisotopic (exact) mass is 586 g/mol. The van der Waals surface area contributed by atoms with E-state index in [1.54, 1.807) is 0 Å². The molecule has 2 saturated carbocycles. The topological polar surface area (TPSA) is 156 Å². The Kier molecular flexibility index (Phi) is 6.83. The summed E-state index contributed by atoms with van der Waals surface area (Å²) in [5, 5.41) is 7.31. The Morgan fingerprint density at radius 2 is 1.67 bits per heavy atom. The molecule has 3 heterocycles. The number of alkyl halides is 2. The third kappa shape index (κ3) is 4.63. The minimum Gasteiger partial charge on any atom is -0.479 e. The van der Waals surface area contributed by atoms with E-state index in [-0.39, 0.29) is 59.3 Å². The molecule has 3 aromatic rings. The molecule has 0 saturated heterocycles. The van der Waals surface area contributed by atoms with Crippen LogP contribution in [0.4, 0.5) is 14.7 Å². The minimum absolute atomic E-state index is 0.0338. The molecule has 0 amide bonds. The molecule has 1 spiro atoms. The normalized spacial score (nSPS) is 23.1. The molecular formula is C22H25ClF2N8O5S. The lowest BCUT2D eigenvalue weighted by atomic mass is 9.71. The fourth-order valence-electron chi connectivity index (χ4n) is 4.93. The molecule has 210 valence electrons. The first-order valence-electron chi connectivity index (χ1n) is 11.8. The van der Waals surface area contributed by atoms with Crippen molar-refractivity contribution in [2.45, 2.75) is 49.4 Å². The zero-order chi connectivity index (χ0) is 28.2. The molecule has 2 aliphatic carbocycles. The standard InChI is InChI=1S/C22H25ClF2N8O5S/c1-11(15(36-2)16-26-7-13(23)8-27-16)39(34,35)32-20-31-30-17(12-5-21(6-12)9-22(21,24)25)33(20)14-18(37-3)28-10-29-19(14)38-4/h7-8,10-12,15H,5-6,9H2,1-4H3,(H,31,32)/t11-,12?,15-,21?/m0/s1. The summed E-state index contributed by atoms with van der Waals surface area (Å²) < 4.78 is 74.9. The Morgan fingerprint density at radius 1 is 1.08 bits per heavy atom. The first-order valence-corrected chi connectivity index (χ1v) is 13.7. The van der Waals surface area contributed by atoms with E-state index < -0.39 is 38.6 Å². The van der Waals surface area contributed by atoms with Crippen molar-refractivity contribution in [3.05, 3.63) is 35.4 Å². The Hall–Kier alpha value is -3.24. The molecule has 0 bridgehead atoms. The molecule has 2 aliphatic rings. The number of sulfonamides is 1. The average Bonchev–Trinajstić information content (AvgIpc) is 3.27. The van der Waals surface area contributed by atoms with Crippen LogP contribution >= 0.6 is 11.6 Å². The van der Waals surface area contributed by atoms with Gasteiger partial charge in [-0.15, -0.1) is 10.2 Å². The number of anilines is 1. The van der Waals surface area contributed by atoms with Gasteiger partial charge in [0.2, 0.25) is 27.7 Å². The minimum atomic E-state index is -4.24. The second-order valence-corrected chi connectivity index (χ2v) is 12.0. The number of hydrogen-bond acceptors (Lipinski definition) is 11. The van der Waals surface area contributed by atoms with Gasteiger partial charge in [0.05, 0.1) is 19.2 Å². The van der Waals surface area contributed by atoms with Crippen LogP contribution in [0.5, 0.6) is 11.8 Å². The highest BCUT2D eigenvalue weighted by molar-refractivity contribution is 7.93. The summed E-state index contributed by atoms with van der Waals surface area (Å²) in [5.74, 6) is -2.98. The van der Waals surface area contributed by atoms with E-state index in [1.165, 1.54) is 51.5 Å². The molecule has 17 heteroatoms. The smallest absolute Gasteiger partial charge is 0.254 e. The van der Waals surface area contributed by atoms with Crippen molar-refractivity contribution in [2.75, 3.05) is 26.1 Å². The predicted octanol–water partition coefficient (Wildman–Crippen LogP) is 2.94. The first kappa shape index (κ1) is 27.3. The fraction of sp³-hybridized carbons (Fsp3) is 0.545. The number of hydrogen-bond donors (Lipinski definition) is 1. The number of aromatic nitrogens is 7. The highest BCUT2D eigenvalue weighted by Gasteiger charge is 2.76. The molecule has 3 aromatic heterocycles. The van der Waals surface area contributed by atoms with Gasteiger partial charge in [0.1, 0.15) is 23.5 Å². The van der Waals surface area contributed by atoms with Gasteiger partial charge in [-0.3, -0.25) is 9.29 Å². The summed E-state index contributed by atoms with van der Waals surface area (Å²) in [4.78, 5) is 16.3. The third-order valence-electron chi connectivity index (χ3n) is 7.20. The zero-order valence-corrected chi connectivity index (χ0v) is 22.9. The molecule has 0 aliphatic heterocycles. The van der Waals surface area contributed by atoms with Gasteiger partial charge in [0.25, 0.3) is 5.92 Å². The summed E-state index contributed by atoms with van der Waals surface area (Å²) >= 11 is 5.86. The van der Waals surface area contributed by atoms with Gasteiger partial charge in [-0.25, -0.2) is 27.2 Å². The SMILES string of the molecule is COc1ncnc(OC)c1-n1c(NS(=O)(=O)[C@@H](C)[C@H](OC)c2ncc(Cl)cn2)nnc1C1CC2(C1)CC2(F)F. The van der Waals surface area contributed by atoms with Gasteiger partial charge < -0.3 is 14.2 Å². The van der Waals surface area contributed by atoms with Gasteiger partial charge in [0, 0.05) is 37.3 Å².